The van der Waals surface area contributed by atoms with Crippen LogP contribution in [0.25, 0.3) is 0 Å². The normalized spacial score (nSPS) is 33.7. The highest BCUT2D eigenvalue weighted by Gasteiger charge is 2.54. The number of carbonyl (C=O) groups excluding carboxylic acids is 1. The Morgan fingerprint density at radius 1 is 1.48 bits per heavy atom. The second-order valence-electron chi connectivity index (χ2n) is 5.34. The smallest absolute Gasteiger partial charge is 0.364 e. The van der Waals surface area contributed by atoms with Crippen LogP contribution in [-0.2, 0) is 19.1 Å². The molecule has 0 aromatic heterocycles. The van der Waals surface area contributed by atoms with E-state index in [0.29, 0.717) is 0 Å². The molecule has 6 atom stereocenters. The number of ether oxygens (including phenoxy) is 2. The highest BCUT2D eigenvalue weighted by Crippen LogP contribution is 2.31. The lowest BCUT2D eigenvalue weighted by Crippen LogP contribution is -2.67. The van der Waals surface area contributed by atoms with Crippen molar-refractivity contribution in [2.75, 3.05) is 13.2 Å². The van der Waals surface area contributed by atoms with Crippen LogP contribution in [0.5, 0.6) is 0 Å². The number of carbonyl (C=O) groups is 2. The van der Waals surface area contributed by atoms with Crippen molar-refractivity contribution in [1.29, 1.82) is 0 Å². The molecule has 1 saturated heterocycles. The van der Waals surface area contributed by atoms with E-state index in [2.05, 4.69) is 5.32 Å². The summed E-state index contributed by atoms with van der Waals surface area (Å²) in [5.41, 5.74) is 0. The molecule has 1 amide bonds. The monoisotopic (exact) mass is 337 g/mol. The number of aliphatic carboxylic acids is 1. The molecule has 1 heterocycles. The Morgan fingerprint density at radius 3 is 2.52 bits per heavy atom. The zero-order chi connectivity index (χ0) is 17.8. The van der Waals surface area contributed by atoms with Crippen LogP contribution in [-0.4, -0.2) is 86.9 Å². The molecule has 0 bridgehead atoms. The largest absolute Gasteiger partial charge is 0.477 e. The molecule has 1 aliphatic rings. The van der Waals surface area contributed by atoms with Crippen LogP contribution in [0.15, 0.2) is 0 Å². The summed E-state index contributed by atoms with van der Waals surface area (Å²) in [6.45, 7) is 2.13. The van der Waals surface area contributed by atoms with E-state index in [1.807, 2.05) is 0 Å². The zero-order valence-corrected chi connectivity index (χ0v) is 12.9. The van der Waals surface area contributed by atoms with Gasteiger partial charge in [0.25, 0.3) is 5.79 Å². The van der Waals surface area contributed by atoms with E-state index < -0.39 is 61.1 Å². The minimum atomic E-state index is -2.70. The first-order valence-corrected chi connectivity index (χ1v) is 7.15. The number of aliphatic hydroxyl groups is 4. The van der Waals surface area contributed by atoms with Gasteiger partial charge in [0.05, 0.1) is 18.8 Å². The van der Waals surface area contributed by atoms with Gasteiger partial charge in [-0.2, -0.15) is 0 Å². The van der Waals surface area contributed by atoms with E-state index in [-0.39, 0.29) is 6.61 Å². The number of hydrogen-bond acceptors (Lipinski definition) is 8. The van der Waals surface area contributed by atoms with Crippen LogP contribution in [0.1, 0.15) is 20.3 Å². The van der Waals surface area contributed by atoms with Crippen LogP contribution >= 0.6 is 0 Å². The third-order valence-corrected chi connectivity index (χ3v) is 3.54. The number of hydrogen-bond donors (Lipinski definition) is 6. The Labute approximate surface area is 132 Å². The zero-order valence-electron chi connectivity index (χ0n) is 12.9. The first-order valence-electron chi connectivity index (χ1n) is 7.15. The first kappa shape index (κ1) is 19.7. The van der Waals surface area contributed by atoms with Crippen molar-refractivity contribution in [3.63, 3.8) is 0 Å². The Kier molecular flexibility index (Phi) is 6.86. The molecule has 1 rings (SSSR count). The fourth-order valence-electron chi connectivity index (χ4n) is 2.52. The molecule has 6 N–H and O–H groups in total. The number of aliphatic hydroxyl groups excluding tert-OH is 3. The lowest BCUT2D eigenvalue weighted by Gasteiger charge is -2.45. The predicted octanol–water partition coefficient (Wildman–Crippen LogP) is -2.83. The summed E-state index contributed by atoms with van der Waals surface area (Å²) in [4.78, 5) is 22.5. The summed E-state index contributed by atoms with van der Waals surface area (Å²) >= 11 is 0. The van der Waals surface area contributed by atoms with Gasteiger partial charge in [0.1, 0.15) is 18.3 Å². The number of carboxylic acid groups (broad SMARTS) is 1. The third kappa shape index (κ3) is 4.59. The maximum atomic E-state index is 11.3. The van der Waals surface area contributed by atoms with Gasteiger partial charge in [0.2, 0.25) is 5.91 Å². The summed E-state index contributed by atoms with van der Waals surface area (Å²) in [5, 5.41) is 50.6. The molecule has 10 nitrogen and oxygen atoms in total. The molecule has 0 aliphatic carbocycles. The fourth-order valence-corrected chi connectivity index (χ4v) is 2.52. The average Bonchev–Trinajstić information content (AvgIpc) is 2.46. The average molecular weight is 337 g/mol. The fraction of sp³-hybridized carbons (Fsp3) is 0.846. The molecule has 0 aromatic carbocycles. The molecular formula is C13H23NO9. The minimum absolute atomic E-state index is 0.0793. The maximum absolute atomic E-state index is 11.3. The molecule has 0 aromatic rings. The van der Waals surface area contributed by atoms with Gasteiger partial charge < -0.3 is 40.3 Å². The van der Waals surface area contributed by atoms with Crippen molar-refractivity contribution >= 4 is 11.9 Å². The van der Waals surface area contributed by atoms with Crippen LogP contribution in [0, 0.1) is 0 Å². The van der Waals surface area contributed by atoms with Crippen molar-refractivity contribution < 1.29 is 44.6 Å². The summed E-state index contributed by atoms with van der Waals surface area (Å²) < 4.78 is 10.4. The molecule has 134 valence electrons. The summed E-state index contributed by atoms with van der Waals surface area (Å²) in [6.07, 6.45) is -6.29. The lowest BCUT2D eigenvalue weighted by atomic mass is 9.88. The SMILES string of the molecule is CCO[C@@H]([C@@H]1OC(O)(C(=O)O)C[C@H](O)[C@H]1NC(C)=O)[C@H](O)CO. The second kappa shape index (κ2) is 7.99. The van der Waals surface area contributed by atoms with Gasteiger partial charge in [-0.1, -0.05) is 0 Å². The standard InChI is InChI=1S/C13H23NO9/c1-3-22-10(8(18)5-15)11-9(14-6(2)16)7(17)4-13(21,23-11)12(19)20/h7-11,15,17-18,21H,3-5H2,1-2H3,(H,14,16)(H,19,20)/t7-,8+,9+,10+,11+,13?/m0/s1. The molecule has 0 spiro atoms. The van der Waals surface area contributed by atoms with Crippen molar-refractivity contribution in [2.45, 2.75) is 56.5 Å². The van der Waals surface area contributed by atoms with Crippen LogP contribution in [0.4, 0.5) is 0 Å². The van der Waals surface area contributed by atoms with Crippen molar-refractivity contribution in [2.24, 2.45) is 0 Å². The van der Waals surface area contributed by atoms with E-state index in [1.165, 1.54) is 6.92 Å². The van der Waals surface area contributed by atoms with Gasteiger partial charge in [-0.3, -0.25) is 4.79 Å². The Hall–Kier alpha value is -1.30. The van der Waals surface area contributed by atoms with E-state index >= 15 is 0 Å². The Bertz CT molecular complexity index is 432. The Balaban J connectivity index is 3.18. The van der Waals surface area contributed by atoms with Crippen LogP contribution in [0.3, 0.4) is 0 Å². The van der Waals surface area contributed by atoms with E-state index in [1.54, 1.807) is 6.92 Å². The van der Waals surface area contributed by atoms with Crippen molar-refractivity contribution in [1.82, 2.24) is 5.32 Å². The lowest BCUT2D eigenvalue weighted by molar-refractivity contribution is -0.298. The molecule has 0 radical (unpaired) electrons. The highest BCUT2D eigenvalue weighted by atomic mass is 16.7. The van der Waals surface area contributed by atoms with Gasteiger partial charge in [-0.25, -0.2) is 4.79 Å². The summed E-state index contributed by atoms with van der Waals surface area (Å²) in [6, 6.07) is -1.13. The predicted molar refractivity (Wildman–Crippen MR) is 74.2 cm³/mol. The van der Waals surface area contributed by atoms with Gasteiger partial charge >= 0.3 is 5.97 Å². The number of carboxylic acids is 1. The van der Waals surface area contributed by atoms with Gasteiger partial charge in [0, 0.05) is 20.0 Å². The van der Waals surface area contributed by atoms with E-state index in [9.17, 15) is 24.9 Å². The van der Waals surface area contributed by atoms with Gasteiger partial charge in [-0.15, -0.1) is 0 Å². The minimum Gasteiger partial charge on any atom is -0.477 e. The number of amides is 1. The van der Waals surface area contributed by atoms with Crippen molar-refractivity contribution in [3.05, 3.63) is 0 Å². The molecular weight excluding hydrogens is 314 g/mol. The molecule has 1 aliphatic heterocycles. The highest BCUT2D eigenvalue weighted by molar-refractivity contribution is 5.76. The summed E-state index contributed by atoms with van der Waals surface area (Å²) in [7, 11) is 0. The second-order valence-corrected chi connectivity index (χ2v) is 5.34. The first-order chi connectivity index (χ1) is 10.7. The Morgan fingerprint density at radius 2 is 2.09 bits per heavy atom. The van der Waals surface area contributed by atoms with E-state index in [0.717, 1.165) is 0 Å². The van der Waals surface area contributed by atoms with E-state index in [4.69, 9.17) is 19.7 Å². The molecule has 10 heteroatoms. The van der Waals surface area contributed by atoms with Crippen LogP contribution in [0.2, 0.25) is 0 Å². The topological polar surface area (TPSA) is 166 Å². The van der Waals surface area contributed by atoms with Gasteiger partial charge in [-0.05, 0) is 6.92 Å². The molecule has 0 saturated carbocycles. The summed E-state index contributed by atoms with van der Waals surface area (Å²) in [5.74, 6) is -4.96. The molecule has 23 heavy (non-hydrogen) atoms. The van der Waals surface area contributed by atoms with Gasteiger partial charge in [0.15, 0.2) is 0 Å². The quantitative estimate of drug-likeness (QED) is 0.287. The number of nitrogens with one attached hydrogen (secondary N) is 1. The third-order valence-electron chi connectivity index (χ3n) is 3.54. The maximum Gasteiger partial charge on any atom is 0.364 e. The van der Waals surface area contributed by atoms with Crippen LogP contribution < -0.4 is 5.32 Å². The molecule has 1 fully saturated rings. The molecule has 1 unspecified atom stereocenters. The van der Waals surface area contributed by atoms with Crippen molar-refractivity contribution in [3.8, 4) is 0 Å². The number of rotatable bonds is 7.